The fourth-order valence-electron chi connectivity index (χ4n) is 1.85. The molecule has 0 heterocycles. The Kier molecular flexibility index (Phi) is 10.9. The van der Waals surface area contributed by atoms with Crippen LogP contribution in [0.3, 0.4) is 0 Å². The molecule has 1 aliphatic rings. The van der Waals surface area contributed by atoms with Crippen molar-refractivity contribution in [3.8, 4) is 11.5 Å². The molecule has 0 aromatic heterocycles. The quantitative estimate of drug-likeness (QED) is 0.559. The summed E-state index contributed by atoms with van der Waals surface area (Å²) < 4.78 is 24.0. The van der Waals surface area contributed by atoms with Crippen LogP contribution in [0, 0.1) is 23.6 Å². The zero-order valence-electron chi connectivity index (χ0n) is 14.4. The number of phenolic OH excluding ortho intramolecular Hbond substituents is 2. The first kappa shape index (κ1) is 23.3. The fraction of sp³-hybridized carbons (Fsp3) is 0.200. The third-order valence-corrected chi connectivity index (χ3v) is 3.22. The Bertz CT molecular complexity index is 607. The second-order valence-corrected chi connectivity index (χ2v) is 5.39. The first-order valence-electron chi connectivity index (χ1n) is 7.45. The molecule has 2 aromatic carbocycles. The summed E-state index contributed by atoms with van der Waals surface area (Å²) in [5.41, 5.74) is 2.72. The van der Waals surface area contributed by atoms with Crippen LogP contribution < -0.4 is 0 Å². The summed E-state index contributed by atoms with van der Waals surface area (Å²) >= 11 is 0. The van der Waals surface area contributed by atoms with Gasteiger partial charge in [-0.25, -0.2) is 20.4 Å². The average molecular weight is 423 g/mol. The number of phenols is 2. The molecule has 0 fully saturated rings. The smallest absolute Gasteiger partial charge is 0.123 e. The van der Waals surface area contributed by atoms with Gasteiger partial charge in [-0.15, -0.1) is 0 Å². The predicted molar refractivity (Wildman–Crippen MR) is 91.5 cm³/mol. The van der Waals surface area contributed by atoms with E-state index in [9.17, 15) is 8.78 Å². The van der Waals surface area contributed by atoms with Crippen molar-refractivity contribution < 1.29 is 45.2 Å². The van der Waals surface area contributed by atoms with Crippen LogP contribution in [0.2, 0.25) is 0 Å². The van der Waals surface area contributed by atoms with E-state index < -0.39 is 0 Å². The van der Waals surface area contributed by atoms with Gasteiger partial charge in [0.1, 0.15) is 23.1 Å². The first-order chi connectivity index (χ1) is 11.3. The zero-order chi connectivity index (χ0) is 18.1. The van der Waals surface area contributed by atoms with Gasteiger partial charge in [0.25, 0.3) is 0 Å². The third-order valence-electron chi connectivity index (χ3n) is 3.22. The number of benzene rings is 2. The largest absolute Gasteiger partial charge is 0.508 e. The molecule has 0 saturated carbocycles. The van der Waals surface area contributed by atoms with E-state index >= 15 is 0 Å². The Hall–Kier alpha value is -1.74. The molecule has 3 rings (SSSR count). The third kappa shape index (κ3) is 9.98. The monoisotopic (exact) mass is 421 g/mol. The van der Waals surface area contributed by atoms with Crippen LogP contribution in [0.4, 0.5) is 8.78 Å². The molecular weight excluding hydrogens is 401 g/mol. The molecule has 5 heteroatoms. The summed E-state index contributed by atoms with van der Waals surface area (Å²) in [7, 11) is 0. The number of aromatic hydroxyl groups is 2. The molecule has 0 aliphatic heterocycles. The summed E-state index contributed by atoms with van der Waals surface area (Å²) in [5, 5.41) is 17.2. The SMILES string of the molecule is CC1=[C-]C(C)C(C)=C1.Oc1ccc(F)cc1.Oc1ccc(F)cc1.[Zr]. The van der Waals surface area contributed by atoms with Gasteiger partial charge in [-0.05, 0) is 48.5 Å². The molecule has 1 unspecified atom stereocenters. The molecule has 0 saturated heterocycles. The number of halogens is 2. The van der Waals surface area contributed by atoms with Gasteiger partial charge in [0.15, 0.2) is 0 Å². The van der Waals surface area contributed by atoms with Crippen LogP contribution in [0.5, 0.6) is 11.5 Å². The van der Waals surface area contributed by atoms with Gasteiger partial charge in [-0.1, -0.05) is 26.7 Å². The van der Waals surface area contributed by atoms with Gasteiger partial charge in [0.2, 0.25) is 0 Å². The molecule has 1 aliphatic carbocycles. The van der Waals surface area contributed by atoms with Crippen molar-refractivity contribution in [2.75, 3.05) is 0 Å². The van der Waals surface area contributed by atoms with Gasteiger partial charge in [0.05, 0.1) is 0 Å². The molecule has 1 atom stereocenters. The molecule has 2 N–H and O–H groups in total. The normalized spacial score (nSPS) is 14.7. The average Bonchev–Trinajstić information content (AvgIpc) is 2.83. The topological polar surface area (TPSA) is 40.5 Å². The van der Waals surface area contributed by atoms with Crippen LogP contribution in [0.1, 0.15) is 20.8 Å². The van der Waals surface area contributed by atoms with Crippen molar-refractivity contribution in [3.05, 3.63) is 83.5 Å². The minimum atomic E-state index is -0.331. The minimum absolute atomic E-state index is 0. The van der Waals surface area contributed by atoms with Gasteiger partial charge in [-0.3, -0.25) is 6.08 Å². The van der Waals surface area contributed by atoms with E-state index in [1.165, 1.54) is 59.7 Å². The van der Waals surface area contributed by atoms with Crippen molar-refractivity contribution in [3.63, 3.8) is 0 Å². The van der Waals surface area contributed by atoms with Crippen molar-refractivity contribution >= 4 is 0 Å². The summed E-state index contributed by atoms with van der Waals surface area (Å²) in [5.74, 6) is 0.0819. The maximum Gasteiger partial charge on any atom is 0.123 e. The molecule has 0 spiro atoms. The molecular formula is C20H21F2O2Zr-. The van der Waals surface area contributed by atoms with Gasteiger partial charge >= 0.3 is 0 Å². The van der Waals surface area contributed by atoms with E-state index in [4.69, 9.17) is 10.2 Å². The first-order valence-corrected chi connectivity index (χ1v) is 7.45. The van der Waals surface area contributed by atoms with Crippen LogP contribution in [-0.2, 0) is 26.2 Å². The molecule has 2 nitrogen and oxygen atoms in total. The number of hydrogen-bond acceptors (Lipinski definition) is 2. The van der Waals surface area contributed by atoms with Gasteiger partial charge < -0.3 is 10.2 Å². The van der Waals surface area contributed by atoms with Crippen molar-refractivity contribution in [2.45, 2.75) is 20.8 Å². The molecule has 0 radical (unpaired) electrons. The van der Waals surface area contributed by atoms with Crippen LogP contribution in [-0.4, -0.2) is 10.2 Å². The maximum atomic E-state index is 12.0. The van der Waals surface area contributed by atoms with Crippen LogP contribution in [0.15, 0.2) is 65.8 Å². The number of allylic oxidation sites excluding steroid dienone is 4. The Labute approximate surface area is 166 Å². The number of rotatable bonds is 0. The standard InChI is InChI=1S/C8H11.2C6H5FO.Zr/c1-6-4-7(2)8(3)5-6;2*7-5-1-3-6(8)4-2-5;/h4,8H,1-3H3;2*1-4,8H;/q-1;;;. The van der Waals surface area contributed by atoms with Crippen molar-refractivity contribution in [1.82, 2.24) is 0 Å². The Morgan fingerprint density at radius 3 is 1.32 bits per heavy atom. The fourth-order valence-corrected chi connectivity index (χ4v) is 1.85. The maximum absolute atomic E-state index is 12.0. The van der Waals surface area contributed by atoms with Crippen molar-refractivity contribution in [1.29, 1.82) is 0 Å². The number of hydrogen-bond donors (Lipinski definition) is 2. The van der Waals surface area contributed by atoms with Crippen molar-refractivity contribution in [2.24, 2.45) is 5.92 Å². The molecule has 25 heavy (non-hydrogen) atoms. The summed E-state index contributed by atoms with van der Waals surface area (Å²) in [4.78, 5) is 0. The predicted octanol–water partition coefficient (Wildman–Crippen LogP) is 5.39. The summed E-state index contributed by atoms with van der Waals surface area (Å²) in [6.07, 6.45) is 5.48. The van der Waals surface area contributed by atoms with Crippen LogP contribution in [0.25, 0.3) is 0 Å². The Balaban J connectivity index is 0.000000339. The van der Waals surface area contributed by atoms with Gasteiger partial charge in [0, 0.05) is 26.2 Å². The van der Waals surface area contributed by atoms with E-state index in [-0.39, 0.29) is 49.3 Å². The second kappa shape index (κ2) is 11.8. The molecule has 132 valence electrons. The van der Waals surface area contributed by atoms with E-state index in [1.54, 1.807) is 0 Å². The van der Waals surface area contributed by atoms with E-state index in [1.807, 2.05) is 0 Å². The Morgan fingerprint density at radius 2 is 1.16 bits per heavy atom. The summed E-state index contributed by atoms with van der Waals surface area (Å²) in [6, 6.07) is 10.0. The molecule has 0 bridgehead atoms. The molecule has 0 amide bonds. The Morgan fingerprint density at radius 1 is 0.800 bits per heavy atom. The van der Waals surface area contributed by atoms with E-state index in [0.29, 0.717) is 5.92 Å². The van der Waals surface area contributed by atoms with E-state index in [0.717, 1.165) is 0 Å². The van der Waals surface area contributed by atoms with Crippen LogP contribution >= 0.6 is 0 Å². The minimum Gasteiger partial charge on any atom is -0.508 e. The second-order valence-electron chi connectivity index (χ2n) is 5.39. The zero-order valence-corrected chi connectivity index (χ0v) is 16.9. The van der Waals surface area contributed by atoms with E-state index in [2.05, 4.69) is 32.9 Å². The summed E-state index contributed by atoms with van der Waals surface area (Å²) in [6.45, 7) is 6.41. The van der Waals surface area contributed by atoms with Gasteiger partial charge in [-0.2, -0.15) is 5.57 Å². The molecule has 2 aromatic rings.